The van der Waals surface area contributed by atoms with Crippen molar-refractivity contribution in [2.24, 2.45) is 0 Å². The van der Waals surface area contributed by atoms with Crippen LogP contribution in [-0.2, 0) is 4.74 Å². The van der Waals surface area contributed by atoms with E-state index in [1.54, 1.807) is 11.9 Å². The van der Waals surface area contributed by atoms with Crippen molar-refractivity contribution in [1.29, 1.82) is 0 Å². The molecule has 0 radical (unpaired) electrons. The molecule has 1 saturated heterocycles. The standard InChI is InChI=1S/C16H24N2O2/c1-16(2,3)20-15(19)18(4)14-8-6-5-7-13(14)12-9-10-17-11-12/h5-8,12,17H,9-11H2,1-4H3. The van der Waals surface area contributed by atoms with E-state index in [1.807, 2.05) is 39.0 Å². The molecule has 2 rings (SSSR count). The molecule has 0 aromatic heterocycles. The van der Waals surface area contributed by atoms with Gasteiger partial charge in [0.05, 0.1) is 5.69 Å². The highest BCUT2D eigenvalue weighted by atomic mass is 16.6. The zero-order valence-electron chi connectivity index (χ0n) is 12.8. The maximum absolute atomic E-state index is 12.2. The van der Waals surface area contributed by atoms with Crippen LogP contribution in [0, 0.1) is 0 Å². The maximum Gasteiger partial charge on any atom is 0.414 e. The number of nitrogens with one attached hydrogen (secondary N) is 1. The number of anilines is 1. The fourth-order valence-electron chi connectivity index (χ4n) is 2.49. The van der Waals surface area contributed by atoms with Crippen molar-refractivity contribution in [3.8, 4) is 0 Å². The van der Waals surface area contributed by atoms with E-state index in [4.69, 9.17) is 4.74 Å². The summed E-state index contributed by atoms with van der Waals surface area (Å²) in [6.07, 6.45) is 0.801. The molecule has 0 aliphatic carbocycles. The second-order valence-corrected chi connectivity index (χ2v) is 6.29. The van der Waals surface area contributed by atoms with E-state index in [0.717, 1.165) is 25.2 Å². The zero-order chi connectivity index (χ0) is 14.8. The minimum Gasteiger partial charge on any atom is -0.443 e. The van der Waals surface area contributed by atoms with Crippen molar-refractivity contribution in [1.82, 2.24) is 5.32 Å². The first kappa shape index (κ1) is 14.9. The van der Waals surface area contributed by atoms with E-state index in [1.165, 1.54) is 5.56 Å². The van der Waals surface area contributed by atoms with Crippen molar-refractivity contribution in [3.05, 3.63) is 29.8 Å². The Morgan fingerprint density at radius 2 is 2.05 bits per heavy atom. The molecule has 1 heterocycles. The van der Waals surface area contributed by atoms with Gasteiger partial charge in [-0.15, -0.1) is 0 Å². The maximum atomic E-state index is 12.2. The van der Waals surface area contributed by atoms with Crippen LogP contribution < -0.4 is 10.2 Å². The number of hydrogen-bond donors (Lipinski definition) is 1. The van der Waals surface area contributed by atoms with E-state index in [2.05, 4.69) is 11.4 Å². The minimum atomic E-state index is -0.477. The number of nitrogens with zero attached hydrogens (tertiary/aromatic N) is 1. The third-order valence-electron chi connectivity index (χ3n) is 3.47. The lowest BCUT2D eigenvalue weighted by Gasteiger charge is -2.27. The van der Waals surface area contributed by atoms with Gasteiger partial charge in [-0.25, -0.2) is 4.79 Å². The summed E-state index contributed by atoms with van der Waals surface area (Å²) in [5.41, 5.74) is 1.68. The van der Waals surface area contributed by atoms with Gasteiger partial charge in [0.15, 0.2) is 0 Å². The summed E-state index contributed by atoms with van der Waals surface area (Å²) in [6, 6.07) is 8.08. The van der Waals surface area contributed by atoms with Crippen molar-refractivity contribution in [2.45, 2.75) is 38.7 Å². The van der Waals surface area contributed by atoms with Gasteiger partial charge >= 0.3 is 6.09 Å². The lowest BCUT2D eigenvalue weighted by Crippen LogP contribution is -2.34. The highest BCUT2D eigenvalue weighted by Gasteiger charge is 2.25. The number of amides is 1. The Hall–Kier alpha value is -1.55. The minimum absolute atomic E-state index is 0.309. The van der Waals surface area contributed by atoms with Gasteiger partial charge in [-0.05, 0) is 51.3 Å². The summed E-state index contributed by atoms with van der Waals surface area (Å²) in [5.74, 6) is 0.469. The Morgan fingerprint density at radius 3 is 2.65 bits per heavy atom. The average molecular weight is 276 g/mol. The van der Waals surface area contributed by atoms with Gasteiger partial charge in [0.25, 0.3) is 0 Å². The summed E-state index contributed by atoms with van der Waals surface area (Å²) in [4.78, 5) is 13.8. The van der Waals surface area contributed by atoms with E-state index < -0.39 is 5.60 Å². The number of rotatable bonds is 2. The summed E-state index contributed by atoms with van der Waals surface area (Å²) in [7, 11) is 1.77. The van der Waals surface area contributed by atoms with E-state index in [9.17, 15) is 4.79 Å². The third kappa shape index (κ3) is 3.51. The molecule has 1 aliphatic rings. The van der Waals surface area contributed by atoms with Crippen LogP contribution in [0.3, 0.4) is 0 Å². The van der Waals surface area contributed by atoms with Crippen LogP contribution in [0.4, 0.5) is 10.5 Å². The molecular formula is C16H24N2O2. The Kier molecular flexibility index (Phi) is 4.33. The summed E-state index contributed by atoms with van der Waals surface area (Å²) in [5, 5.41) is 3.37. The molecule has 0 saturated carbocycles. The molecule has 1 N–H and O–H groups in total. The second kappa shape index (κ2) is 5.83. The quantitative estimate of drug-likeness (QED) is 0.902. The second-order valence-electron chi connectivity index (χ2n) is 6.29. The molecule has 1 aromatic carbocycles. The summed E-state index contributed by atoms with van der Waals surface area (Å²) in [6.45, 7) is 7.65. The first-order chi connectivity index (χ1) is 9.38. The van der Waals surface area contributed by atoms with Gasteiger partial charge in [-0.3, -0.25) is 4.90 Å². The SMILES string of the molecule is CN(C(=O)OC(C)(C)C)c1ccccc1C1CCNC1. The van der Waals surface area contributed by atoms with E-state index in [-0.39, 0.29) is 6.09 Å². The van der Waals surface area contributed by atoms with Crippen LogP contribution in [0.1, 0.15) is 38.7 Å². The monoisotopic (exact) mass is 276 g/mol. The van der Waals surface area contributed by atoms with Crippen LogP contribution in [0.25, 0.3) is 0 Å². The van der Waals surface area contributed by atoms with E-state index >= 15 is 0 Å². The lowest BCUT2D eigenvalue weighted by atomic mass is 9.96. The molecule has 4 heteroatoms. The van der Waals surface area contributed by atoms with Crippen LogP contribution >= 0.6 is 0 Å². The fourth-order valence-corrected chi connectivity index (χ4v) is 2.49. The Bertz CT molecular complexity index is 474. The van der Waals surface area contributed by atoms with Gasteiger partial charge in [0.1, 0.15) is 5.60 Å². The molecule has 20 heavy (non-hydrogen) atoms. The van der Waals surface area contributed by atoms with Gasteiger partial charge in [-0.1, -0.05) is 18.2 Å². The Labute approximate surface area is 121 Å². The van der Waals surface area contributed by atoms with Gasteiger partial charge in [0.2, 0.25) is 0 Å². The predicted molar refractivity (Wildman–Crippen MR) is 81.3 cm³/mol. The number of para-hydroxylation sites is 1. The number of ether oxygens (including phenoxy) is 1. The molecule has 1 amide bonds. The Morgan fingerprint density at radius 1 is 1.35 bits per heavy atom. The smallest absolute Gasteiger partial charge is 0.414 e. The third-order valence-corrected chi connectivity index (χ3v) is 3.47. The first-order valence-electron chi connectivity index (χ1n) is 7.15. The largest absolute Gasteiger partial charge is 0.443 e. The van der Waals surface area contributed by atoms with Crippen molar-refractivity contribution in [3.63, 3.8) is 0 Å². The number of carbonyl (C=O) groups is 1. The van der Waals surface area contributed by atoms with Crippen molar-refractivity contribution < 1.29 is 9.53 Å². The fraction of sp³-hybridized carbons (Fsp3) is 0.562. The van der Waals surface area contributed by atoms with Crippen molar-refractivity contribution >= 4 is 11.8 Å². The van der Waals surface area contributed by atoms with Crippen LogP contribution in [0.15, 0.2) is 24.3 Å². The molecule has 0 spiro atoms. The predicted octanol–water partition coefficient (Wildman–Crippen LogP) is 3.13. The summed E-state index contributed by atoms with van der Waals surface area (Å²) < 4.78 is 5.44. The van der Waals surface area contributed by atoms with Crippen LogP contribution in [-0.4, -0.2) is 31.8 Å². The molecule has 4 nitrogen and oxygen atoms in total. The molecule has 0 bridgehead atoms. The summed E-state index contributed by atoms with van der Waals surface area (Å²) >= 11 is 0. The molecule has 1 fully saturated rings. The molecule has 1 aromatic rings. The van der Waals surface area contributed by atoms with Crippen molar-refractivity contribution in [2.75, 3.05) is 25.0 Å². The van der Waals surface area contributed by atoms with Gasteiger partial charge in [0, 0.05) is 13.6 Å². The molecule has 1 atom stereocenters. The van der Waals surface area contributed by atoms with Crippen LogP contribution in [0.5, 0.6) is 0 Å². The molecule has 1 aliphatic heterocycles. The highest BCUT2D eigenvalue weighted by Crippen LogP contribution is 2.31. The van der Waals surface area contributed by atoms with Crippen LogP contribution in [0.2, 0.25) is 0 Å². The average Bonchev–Trinajstić information content (AvgIpc) is 2.89. The molecular weight excluding hydrogens is 252 g/mol. The van der Waals surface area contributed by atoms with Gasteiger partial charge < -0.3 is 10.1 Å². The zero-order valence-corrected chi connectivity index (χ0v) is 12.8. The molecule has 110 valence electrons. The lowest BCUT2D eigenvalue weighted by molar-refractivity contribution is 0.0589. The Balaban J connectivity index is 2.21. The normalized spacial score (nSPS) is 18.9. The number of benzene rings is 1. The highest BCUT2D eigenvalue weighted by molar-refractivity contribution is 5.88. The first-order valence-corrected chi connectivity index (χ1v) is 7.15. The molecule has 1 unspecified atom stereocenters. The number of carbonyl (C=O) groups excluding carboxylic acids is 1. The van der Waals surface area contributed by atoms with E-state index in [0.29, 0.717) is 5.92 Å². The van der Waals surface area contributed by atoms with Gasteiger partial charge in [-0.2, -0.15) is 0 Å². The number of hydrogen-bond acceptors (Lipinski definition) is 3. The topological polar surface area (TPSA) is 41.6 Å².